The number of carbonyl (C=O) groups is 1. The van der Waals surface area contributed by atoms with Gasteiger partial charge in [0.1, 0.15) is 5.82 Å². The van der Waals surface area contributed by atoms with Gasteiger partial charge in [-0.25, -0.2) is 14.7 Å². The second-order valence-electron chi connectivity index (χ2n) is 4.32. The third-order valence-corrected chi connectivity index (χ3v) is 2.97. The molecule has 0 atom stereocenters. The van der Waals surface area contributed by atoms with Crippen molar-refractivity contribution in [3.05, 3.63) is 53.7 Å². The Balaban J connectivity index is 2.13. The van der Waals surface area contributed by atoms with Gasteiger partial charge in [-0.1, -0.05) is 18.2 Å². The smallest absolute Gasteiger partial charge is 0.327 e. The topological polar surface area (TPSA) is 45.2 Å². The van der Waals surface area contributed by atoms with Gasteiger partial charge in [0.2, 0.25) is 0 Å². The number of anilines is 2. The molecule has 0 radical (unpaired) electrons. The zero-order valence-corrected chi connectivity index (χ0v) is 10.1. The van der Waals surface area contributed by atoms with E-state index in [0.29, 0.717) is 12.4 Å². The molecule has 2 heterocycles. The van der Waals surface area contributed by atoms with Crippen LogP contribution in [0, 0.1) is 6.92 Å². The number of amides is 2. The molecule has 3 rings (SSSR count). The van der Waals surface area contributed by atoms with Crippen LogP contribution in [-0.4, -0.2) is 11.0 Å². The number of benzene rings is 1. The number of rotatable bonds is 1. The molecule has 1 aliphatic rings. The van der Waals surface area contributed by atoms with E-state index >= 15 is 0 Å². The van der Waals surface area contributed by atoms with Crippen LogP contribution in [-0.2, 0) is 6.54 Å². The Hall–Kier alpha value is -2.36. The Labute approximate surface area is 105 Å². The number of aromatic nitrogens is 1. The monoisotopic (exact) mass is 239 g/mol. The lowest BCUT2D eigenvalue weighted by Gasteiger charge is -2.28. The van der Waals surface area contributed by atoms with Gasteiger partial charge in [-0.2, -0.15) is 0 Å². The van der Waals surface area contributed by atoms with Gasteiger partial charge < -0.3 is 5.32 Å². The van der Waals surface area contributed by atoms with Crippen LogP contribution in [0.15, 0.2) is 42.6 Å². The van der Waals surface area contributed by atoms with E-state index in [4.69, 9.17) is 0 Å². The summed E-state index contributed by atoms with van der Waals surface area (Å²) in [5, 5.41) is 2.85. The van der Waals surface area contributed by atoms with E-state index in [2.05, 4.69) is 10.3 Å². The number of aryl methyl sites for hydroxylation is 1. The predicted octanol–water partition coefficient (Wildman–Crippen LogP) is 2.75. The van der Waals surface area contributed by atoms with Crippen molar-refractivity contribution in [3.8, 4) is 0 Å². The van der Waals surface area contributed by atoms with Gasteiger partial charge in [0, 0.05) is 18.3 Å². The van der Waals surface area contributed by atoms with Crippen LogP contribution in [0.2, 0.25) is 0 Å². The highest BCUT2D eigenvalue weighted by atomic mass is 16.2. The van der Waals surface area contributed by atoms with Crippen molar-refractivity contribution in [2.75, 3.05) is 4.90 Å². The summed E-state index contributed by atoms with van der Waals surface area (Å²) in [6.07, 6.45) is 1.71. The molecule has 1 aromatic heterocycles. The molecule has 1 aromatic carbocycles. The van der Waals surface area contributed by atoms with Gasteiger partial charge in [0.15, 0.2) is 0 Å². The molecular formula is C14H13N3O. The zero-order valence-electron chi connectivity index (χ0n) is 10.1. The van der Waals surface area contributed by atoms with Gasteiger partial charge in [0.25, 0.3) is 0 Å². The zero-order chi connectivity index (χ0) is 12.5. The average molecular weight is 239 g/mol. The second-order valence-corrected chi connectivity index (χ2v) is 4.32. The quantitative estimate of drug-likeness (QED) is 0.831. The fourth-order valence-corrected chi connectivity index (χ4v) is 2.12. The molecule has 2 aromatic rings. The molecule has 4 heteroatoms. The Morgan fingerprint density at radius 3 is 3.00 bits per heavy atom. The van der Waals surface area contributed by atoms with Crippen LogP contribution in [0.5, 0.6) is 0 Å². The van der Waals surface area contributed by atoms with E-state index in [0.717, 1.165) is 16.8 Å². The van der Waals surface area contributed by atoms with Crippen LogP contribution in [0.3, 0.4) is 0 Å². The molecule has 0 fully saturated rings. The van der Waals surface area contributed by atoms with Crippen molar-refractivity contribution < 1.29 is 4.79 Å². The Morgan fingerprint density at radius 2 is 2.17 bits per heavy atom. The number of carbonyl (C=O) groups excluding carboxylic acids is 1. The third-order valence-electron chi connectivity index (χ3n) is 2.97. The molecule has 0 unspecified atom stereocenters. The van der Waals surface area contributed by atoms with E-state index in [1.807, 2.05) is 43.3 Å². The van der Waals surface area contributed by atoms with Crippen molar-refractivity contribution >= 4 is 17.5 Å². The van der Waals surface area contributed by atoms with E-state index in [1.165, 1.54) is 0 Å². The van der Waals surface area contributed by atoms with Crippen molar-refractivity contribution in [2.24, 2.45) is 0 Å². The minimum absolute atomic E-state index is 0.133. The van der Waals surface area contributed by atoms with Crippen LogP contribution >= 0.6 is 0 Å². The van der Waals surface area contributed by atoms with Gasteiger partial charge >= 0.3 is 6.03 Å². The SMILES string of the molecule is Cc1cccc(N2C(=O)NCc3cccnc32)c1. The minimum atomic E-state index is -0.133. The molecule has 2 amide bonds. The van der Waals surface area contributed by atoms with Crippen molar-refractivity contribution in [2.45, 2.75) is 13.5 Å². The van der Waals surface area contributed by atoms with Crippen molar-refractivity contribution in [3.63, 3.8) is 0 Å². The normalized spacial score (nSPS) is 14.1. The largest absolute Gasteiger partial charge is 0.333 e. The lowest BCUT2D eigenvalue weighted by Crippen LogP contribution is -2.41. The van der Waals surface area contributed by atoms with E-state index in [-0.39, 0.29) is 6.03 Å². The molecule has 0 aliphatic carbocycles. The summed E-state index contributed by atoms with van der Waals surface area (Å²) >= 11 is 0. The molecule has 1 aliphatic heterocycles. The molecule has 0 saturated carbocycles. The summed E-state index contributed by atoms with van der Waals surface area (Å²) in [6.45, 7) is 2.54. The minimum Gasteiger partial charge on any atom is -0.333 e. The maximum absolute atomic E-state index is 12.0. The fraction of sp³-hybridized carbons (Fsp3) is 0.143. The summed E-state index contributed by atoms with van der Waals surface area (Å²) in [5.74, 6) is 0.715. The maximum Gasteiger partial charge on any atom is 0.327 e. The number of fused-ring (bicyclic) bond motifs is 1. The summed E-state index contributed by atoms with van der Waals surface area (Å²) in [7, 11) is 0. The van der Waals surface area contributed by atoms with Gasteiger partial charge in [0.05, 0.1) is 5.69 Å². The molecule has 1 N–H and O–H groups in total. The highest BCUT2D eigenvalue weighted by Gasteiger charge is 2.26. The molecule has 0 saturated heterocycles. The van der Waals surface area contributed by atoms with Crippen molar-refractivity contribution in [1.29, 1.82) is 0 Å². The first-order valence-electron chi connectivity index (χ1n) is 5.84. The highest BCUT2D eigenvalue weighted by molar-refractivity contribution is 6.00. The first-order chi connectivity index (χ1) is 8.75. The average Bonchev–Trinajstić information content (AvgIpc) is 2.38. The lowest BCUT2D eigenvalue weighted by atomic mass is 10.1. The lowest BCUT2D eigenvalue weighted by molar-refractivity contribution is 0.247. The molecule has 90 valence electrons. The molecular weight excluding hydrogens is 226 g/mol. The van der Waals surface area contributed by atoms with Crippen molar-refractivity contribution in [1.82, 2.24) is 10.3 Å². The number of nitrogens with one attached hydrogen (secondary N) is 1. The summed E-state index contributed by atoms with van der Waals surface area (Å²) in [4.78, 5) is 18.0. The number of hydrogen-bond acceptors (Lipinski definition) is 2. The van der Waals surface area contributed by atoms with Gasteiger partial charge in [-0.05, 0) is 30.7 Å². The molecule has 4 nitrogen and oxygen atoms in total. The predicted molar refractivity (Wildman–Crippen MR) is 69.8 cm³/mol. The van der Waals surface area contributed by atoms with E-state index < -0.39 is 0 Å². The Morgan fingerprint density at radius 1 is 1.28 bits per heavy atom. The number of urea groups is 1. The molecule has 0 spiro atoms. The maximum atomic E-state index is 12.0. The molecule has 18 heavy (non-hydrogen) atoms. The summed E-state index contributed by atoms with van der Waals surface area (Å²) in [6, 6.07) is 11.6. The Kier molecular flexibility index (Phi) is 2.48. The first-order valence-corrected chi connectivity index (χ1v) is 5.84. The summed E-state index contributed by atoms with van der Waals surface area (Å²) in [5.41, 5.74) is 2.98. The van der Waals surface area contributed by atoms with Crippen LogP contribution < -0.4 is 10.2 Å². The standard InChI is InChI=1S/C14H13N3O/c1-10-4-2-6-12(8-10)17-13-11(5-3-7-15-13)9-16-14(17)18/h2-8H,9H2,1H3,(H,16,18). The first kappa shape index (κ1) is 10.8. The Bertz CT molecular complexity index is 609. The third kappa shape index (κ3) is 1.72. The number of pyridine rings is 1. The fourth-order valence-electron chi connectivity index (χ4n) is 2.12. The second kappa shape index (κ2) is 4.14. The van der Waals surface area contributed by atoms with Gasteiger partial charge in [-0.15, -0.1) is 0 Å². The number of nitrogens with zero attached hydrogens (tertiary/aromatic N) is 2. The van der Waals surface area contributed by atoms with E-state index in [9.17, 15) is 4.79 Å². The van der Waals surface area contributed by atoms with Crippen LogP contribution in [0.4, 0.5) is 16.3 Å². The van der Waals surface area contributed by atoms with Crippen LogP contribution in [0.25, 0.3) is 0 Å². The summed E-state index contributed by atoms with van der Waals surface area (Å²) < 4.78 is 0. The number of hydrogen-bond donors (Lipinski definition) is 1. The highest BCUT2D eigenvalue weighted by Crippen LogP contribution is 2.29. The van der Waals surface area contributed by atoms with E-state index in [1.54, 1.807) is 11.1 Å². The van der Waals surface area contributed by atoms with Gasteiger partial charge in [-0.3, -0.25) is 0 Å². The van der Waals surface area contributed by atoms with Crippen LogP contribution in [0.1, 0.15) is 11.1 Å². The molecule has 0 bridgehead atoms.